The Bertz CT molecular complexity index is 1050. The van der Waals surface area contributed by atoms with Gasteiger partial charge >= 0.3 is 0 Å². The zero-order valence-corrected chi connectivity index (χ0v) is 18.1. The summed E-state index contributed by atoms with van der Waals surface area (Å²) < 4.78 is 0.999. The molecule has 0 aliphatic rings. The molecule has 2 N–H and O–H groups in total. The average Bonchev–Trinajstić information content (AvgIpc) is 2.73. The predicted octanol–water partition coefficient (Wildman–Crippen LogP) is 4.85. The van der Waals surface area contributed by atoms with Crippen LogP contribution in [0.25, 0.3) is 10.8 Å². The van der Waals surface area contributed by atoms with Gasteiger partial charge in [-0.2, -0.15) is 5.10 Å². The number of nitrogens with one attached hydrogen (secondary N) is 1. The lowest BCUT2D eigenvalue weighted by atomic mass is 10.0. The number of amides is 1. The van der Waals surface area contributed by atoms with Gasteiger partial charge in [0.1, 0.15) is 5.75 Å². The van der Waals surface area contributed by atoms with E-state index in [-0.39, 0.29) is 18.1 Å². The molecule has 0 atom stereocenters. The van der Waals surface area contributed by atoms with E-state index >= 15 is 0 Å². The van der Waals surface area contributed by atoms with E-state index in [1.54, 1.807) is 12.1 Å². The van der Waals surface area contributed by atoms with Gasteiger partial charge in [-0.25, -0.2) is 5.43 Å². The smallest absolute Gasteiger partial charge is 0.244 e. The molecule has 3 rings (SSSR count). The molecule has 6 heteroatoms. The van der Waals surface area contributed by atoms with Crippen molar-refractivity contribution in [3.63, 3.8) is 0 Å². The van der Waals surface area contributed by atoms with Crippen LogP contribution in [-0.4, -0.2) is 30.3 Å². The highest BCUT2D eigenvalue weighted by Crippen LogP contribution is 2.27. The summed E-state index contributed by atoms with van der Waals surface area (Å²) in [6.07, 6.45) is 1.68. The van der Waals surface area contributed by atoms with Gasteiger partial charge in [-0.1, -0.05) is 46.3 Å². The number of hydrogen-bond acceptors (Lipinski definition) is 4. The molecule has 0 spiro atoms. The van der Waals surface area contributed by atoms with Crippen LogP contribution in [-0.2, 0) is 11.2 Å². The van der Waals surface area contributed by atoms with E-state index in [9.17, 15) is 9.90 Å². The first-order valence-corrected chi connectivity index (χ1v) is 10.4. The fraction of sp³-hybridized carbons (Fsp3) is 0.217. The highest BCUT2D eigenvalue weighted by molar-refractivity contribution is 9.10. The van der Waals surface area contributed by atoms with Gasteiger partial charge in [0.05, 0.1) is 12.6 Å². The number of carbonyl (C=O) groups is 1. The second-order valence-corrected chi connectivity index (χ2v) is 7.49. The van der Waals surface area contributed by atoms with Gasteiger partial charge in [-0.05, 0) is 48.4 Å². The van der Waals surface area contributed by atoms with Gasteiger partial charge in [0.15, 0.2) is 0 Å². The average molecular weight is 454 g/mol. The minimum atomic E-state index is -0.215. The Morgan fingerprint density at radius 1 is 1.10 bits per heavy atom. The van der Waals surface area contributed by atoms with Crippen LogP contribution in [0.1, 0.15) is 25.0 Å². The van der Waals surface area contributed by atoms with E-state index in [1.165, 1.54) is 6.21 Å². The van der Waals surface area contributed by atoms with E-state index in [4.69, 9.17) is 0 Å². The quantitative estimate of drug-likeness (QED) is 0.397. The summed E-state index contributed by atoms with van der Waals surface area (Å²) in [5.41, 5.74) is 4.98. The SMILES string of the molecule is CCN(CC)c1ccc(/C=N/NC(=O)Cc2ccc(Br)c3ccccc23)c(O)c1. The Kier molecular flexibility index (Phi) is 6.88. The minimum absolute atomic E-state index is 0.131. The number of phenolic OH excluding ortho intramolecular Hbond substituents is 1. The number of anilines is 1. The van der Waals surface area contributed by atoms with Crippen LogP contribution in [0.3, 0.4) is 0 Å². The van der Waals surface area contributed by atoms with Crippen LogP contribution in [0.15, 0.2) is 64.2 Å². The monoisotopic (exact) mass is 453 g/mol. The zero-order valence-electron chi connectivity index (χ0n) is 16.5. The number of halogens is 1. The molecule has 0 heterocycles. The van der Waals surface area contributed by atoms with Gasteiger partial charge in [0.2, 0.25) is 5.91 Å². The highest BCUT2D eigenvalue weighted by atomic mass is 79.9. The molecule has 0 saturated heterocycles. The van der Waals surface area contributed by atoms with Crippen molar-refractivity contribution < 1.29 is 9.90 Å². The molecule has 0 bridgehead atoms. The Morgan fingerprint density at radius 2 is 1.83 bits per heavy atom. The highest BCUT2D eigenvalue weighted by Gasteiger charge is 2.09. The summed E-state index contributed by atoms with van der Waals surface area (Å²) in [5.74, 6) is -0.0840. The van der Waals surface area contributed by atoms with Crippen LogP contribution >= 0.6 is 15.9 Å². The topological polar surface area (TPSA) is 64.9 Å². The molecule has 0 aliphatic heterocycles. The first-order valence-electron chi connectivity index (χ1n) is 9.59. The number of nitrogens with zero attached hydrogens (tertiary/aromatic N) is 2. The zero-order chi connectivity index (χ0) is 20.8. The third-order valence-electron chi connectivity index (χ3n) is 4.85. The normalized spacial score (nSPS) is 11.1. The van der Waals surface area contributed by atoms with Crippen molar-refractivity contribution in [2.24, 2.45) is 5.10 Å². The number of hydrogen-bond donors (Lipinski definition) is 2. The first-order chi connectivity index (χ1) is 14.0. The van der Waals surface area contributed by atoms with Gasteiger partial charge in [0, 0.05) is 34.9 Å². The molecule has 0 saturated carbocycles. The van der Waals surface area contributed by atoms with Crippen LogP contribution in [0.5, 0.6) is 5.75 Å². The molecule has 5 nitrogen and oxygen atoms in total. The summed E-state index contributed by atoms with van der Waals surface area (Å²) in [5, 5.41) is 16.3. The van der Waals surface area contributed by atoms with Crippen molar-refractivity contribution >= 4 is 44.5 Å². The summed E-state index contributed by atoms with van der Waals surface area (Å²) in [4.78, 5) is 14.5. The van der Waals surface area contributed by atoms with Crippen LogP contribution in [0.2, 0.25) is 0 Å². The maximum Gasteiger partial charge on any atom is 0.244 e. The van der Waals surface area contributed by atoms with E-state index in [0.29, 0.717) is 5.56 Å². The third kappa shape index (κ3) is 4.95. The van der Waals surface area contributed by atoms with Crippen molar-refractivity contribution in [1.82, 2.24) is 5.43 Å². The number of fused-ring (bicyclic) bond motifs is 1. The molecule has 29 heavy (non-hydrogen) atoms. The van der Waals surface area contributed by atoms with Crippen LogP contribution in [0.4, 0.5) is 5.69 Å². The molecular weight excluding hydrogens is 430 g/mol. The molecule has 150 valence electrons. The molecular formula is C23H24BrN3O2. The van der Waals surface area contributed by atoms with Crippen molar-refractivity contribution in [2.75, 3.05) is 18.0 Å². The standard InChI is InChI=1S/C23H24BrN3O2/c1-3-27(4-2)18-11-9-17(22(28)14-18)15-25-26-23(29)13-16-10-12-21(24)20-8-6-5-7-19(16)20/h5-12,14-15,28H,3-4,13H2,1-2H3,(H,26,29)/b25-15+. The molecule has 0 aliphatic carbocycles. The first kappa shape index (κ1) is 20.9. The molecule has 1 amide bonds. The third-order valence-corrected chi connectivity index (χ3v) is 5.54. The fourth-order valence-electron chi connectivity index (χ4n) is 3.29. The maximum absolute atomic E-state index is 12.3. The van der Waals surface area contributed by atoms with Gasteiger partial charge in [0.25, 0.3) is 0 Å². The Labute approximate surface area is 179 Å². The number of benzene rings is 3. The Hall–Kier alpha value is -2.86. The van der Waals surface area contributed by atoms with Crippen LogP contribution in [0, 0.1) is 0 Å². The van der Waals surface area contributed by atoms with Crippen molar-refractivity contribution in [3.8, 4) is 5.75 Å². The van der Waals surface area contributed by atoms with E-state index < -0.39 is 0 Å². The molecule has 0 aromatic heterocycles. The summed E-state index contributed by atoms with van der Waals surface area (Å²) in [6, 6.07) is 17.3. The van der Waals surface area contributed by atoms with E-state index in [0.717, 1.165) is 39.6 Å². The second-order valence-electron chi connectivity index (χ2n) is 6.64. The molecule has 0 radical (unpaired) electrons. The lowest BCUT2D eigenvalue weighted by molar-refractivity contribution is -0.120. The van der Waals surface area contributed by atoms with Crippen molar-refractivity contribution in [2.45, 2.75) is 20.3 Å². The number of hydrazone groups is 1. The largest absolute Gasteiger partial charge is 0.507 e. The van der Waals surface area contributed by atoms with Crippen molar-refractivity contribution in [3.05, 3.63) is 70.2 Å². The van der Waals surface area contributed by atoms with Gasteiger partial charge in [-0.15, -0.1) is 0 Å². The molecule has 3 aromatic carbocycles. The van der Waals surface area contributed by atoms with Crippen LogP contribution < -0.4 is 10.3 Å². The molecule has 3 aromatic rings. The summed E-state index contributed by atoms with van der Waals surface area (Å²) in [6.45, 7) is 5.87. The second kappa shape index (κ2) is 9.56. The summed E-state index contributed by atoms with van der Waals surface area (Å²) in [7, 11) is 0. The van der Waals surface area contributed by atoms with E-state index in [2.05, 4.69) is 45.2 Å². The van der Waals surface area contributed by atoms with Gasteiger partial charge < -0.3 is 10.0 Å². The number of phenols is 1. The minimum Gasteiger partial charge on any atom is -0.507 e. The Balaban J connectivity index is 1.67. The maximum atomic E-state index is 12.3. The number of rotatable bonds is 7. The van der Waals surface area contributed by atoms with E-state index in [1.807, 2.05) is 42.5 Å². The Morgan fingerprint density at radius 3 is 2.52 bits per heavy atom. The fourth-order valence-corrected chi connectivity index (χ4v) is 3.77. The lowest BCUT2D eigenvalue weighted by Gasteiger charge is -2.21. The molecule has 0 fully saturated rings. The number of carbonyl (C=O) groups excluding carboxylic acids is 1. The van der Waals surface area contributed by atoms with Gasteiger partial charge in [-0.3, -0.25) is 4.79 Å². The summed E-state index contributed by atoms with van der Waals surface area (Å²) >= 11 is 3.54. The number of aromatic hydroxyl groups is 1. The predicted molar refractivity (Wildman–Crippen MR) is 123 cm³/mol. The molecule has 0 unspecified atom stereocenters. The lowest BCUT2D eigenvalue weighted by Crippen LogP contribution is -2.21. The van der Waals surface area contributed by atoms with Crippen molar-refractivity contribution in [1.29, 1.82) is 0 Å².